The molecule has 0 spiro atoms. The van der Waals surface area contributed by atoms with E-state index in [0.717, 1.165) is 11.3 Å². The molecule has 0 heterocycles. The number of rotatable bonds is 6. The van der Waals surface area contributed by atoms with Crippen LogP contribution in [0.25, 0.3) is 0 Å². The number of nitriles is 1. The maximum absolute atomic E-state index is 12.7. The summed E-state index contributed by atoms with van der Waals surface area (Å²) in [6, 6.07) is 16.4. The molecule has 0 saturated heterocycles. The molecule has 2 aromatic carbocycles. The normalized spacial score (nSPS) is 10.9. The number of anilines is 1. The molecule has 0 aromatic heterocycles. The van der Waals surface area contributed by atoms with Gasteiger partial charge in [0.1, 0.15) is 0 Å². The number of benzene rings is 2. The quantitative estimate of drug-likeness (QED) is 0.625. The van der Waals surface area contributed by atoms with E-state index in [2.05, 4.69) is 16.5 Å². The number of carbonyl (C=O) groups excluding carboxylic acids is 1. The molecule has 0 saturated carbocycles. The Morgan fingerprint density at radius 1 is 1.28 bits per heavy atom. The van der Waals surface area contributed by atoms with E-state index in [4.69, 9.17) is 16.9 Å². The number of carbonyl (C=O) groups is 1. The van der Waals surface area contributed by atoms with E-state index in [1.54, 1.807) is 36.4 Å². The third-order valence-corrected chi connectivity index (χ3v) is 3.84. The Morgan fingerprint density at radius 3 is 2.64 bits per heavy atom. The van der Waals surface area contributed by atoms with Crippen LogP contribution in [0.4, 0.5) is 5.69 Å². The van der Waals surface area contributed by atoms with Crippen molar-refractivity contribution < 1.29 is 4.79 Å². The van der Waals surface area contributed by atoms with Crippen LogP contribution in [0.15, 0.2) is 53.6 Å². The monoisotopic (exact) mass is 354 g/mol. The molecule has 25 heavy (non-hydrogen) atoms. The Morgan fingerprint density at radius 2 is 2.00 bits per heavy atom. The fraction of sp³-hybridized carbons (Fsp3) is 0.211. The number of hydrogen-bond donors (Lipinski definition) is 1. The van der Waals surface area contributed by atoms with Crippen LogP contribution in [0.5, 0.6) is 0 Å². The minimum Gasteiger partial charge on any atom is -0.388 e. The van der Waals surface area contributed by atoms with Gasteiger partial charge in [0, 0.05) is 28.9 Å². The zero-order chi connectivity index (χ0) is 18.2. The predicted molar refractivity (Wildman–Crippen MR) is 101 cm³/mol. The number of amides is 1. The van der Waals surface area contributed by atoms with Crippen molar-refractivity contribution in [1.82, 2.24) is 5.01 Å². The maximum Gasteiger partial charge on any atom is 0.273 e. The van der Waals surface area contributed by atoms with Crippen molar-refractivity contribution in [2.75, 3.05) is 18.9 Å². The molecule has 0 unspecified atom stereocenters. The fourth-order valence-electron chi connectivity index (χ4n) is 2.35. The first-order chi connectivity index (χ1) is 12.1. The van der Waals surface area contributed by atoms with Crippen LogP contribution in [-0.4, -0.2) is 30.2 Å². The first-order valence-corrected chi connectivity index (χ1v) is 8.21. The molecule has 0 fully saturated rings. The largest absolute Gasteiger partial charge is 0.388 e. The minimum atomic E-state index is -0.247. The van der Waals surface area contributed by atoms with Crippen molar-refractivity contribution in [2.24, 2.45) is 5.10 Å². The average Bonchev–Trinajstić information content (AvgIpc) is 2.65. The van der Waals surface area contributed by atoms with Gasteiger partial charge in [-0.25, -0.2) is 5.01 Å². The van der Waals surface area contributed by atoms with Gasteiger partial charge < -0.3 is 5.32 Å². The van der Waals surface area contributed by atoms with Crippen molar-refractivity contribution in [3.05, 3.63) is 64.7 Å². The van der Waals surface area contributed by atoms with E-state index in [-0.39, 0.29) is 18.9 Å². The van der Waals surface area contributed by atoms with Crippen molar-refractivity contribution in [1.29, 1.82) is 5.26 Å². The molecular formula is C19H19ClN4O. The lowest BCUT2D eigenvalue weighted by Gasteiger charge is -2.18. The van der Waals surface area contributed by atoms with Crippen molar-refractivity contribution >= 4 is 28.9 Å². The molecule has 128 valence electrons. The van der Waals surface area contributed by atoms with Crippen LogP contribution in [-0.2, 0) is 0 Å². The topological polar surface area (TPSA) is 68.5 Å². The number of halogens is 1. The zero-order valence-electron chi connectivity index (χ0n) is 14.2. The maximum atomic E-state index is 12.7. The number of nitrogens with one attached hydrogen (secondary N) is 1. The smallest absolute Gasteiger partial charge is 0.273 e. The van der Waals surface area contributed by atoms with E-state index in [0.29, 0.717) is 16.3 Å². The molecule has 1 amide bonds. The van der Waals surface area contributed by atoms with Crippen molar-refractivity contribution in [3.8, 4) is 6.07 Å². The minimum absolute atomic E-state index is 0.198. The molecule has 1 N–H and O–H groups in total. The number of hydrogen-bond acceptors (Lipinski definition) is 4. The Hall–Kier alpha value is -2.84. The molecule has 0 atom stereocenters. The molecule has 0 aliphatic heterocycles. The Kier molecular flexibility index (Phi) is 6.55. The molecular weight excluding hydrogens is 336 g/mol. The average molecular weight is 355 g/mol. The van der Waals surface area contributed by atoms with Crippen LogP contribution in [0.1, 0.15) is 29.3 Å². The lowest BCUT2D eigenvalue weighted by atomic mass is 10.1. The summed E-state index contributed by atoms with van der Waals surface area (Å²) in [5.41, 5.74) is 2.82. The summed E-state index contributed by atoms with van der Waals surface area (Å²) in [5.74, 6) is -0.247. The predicted octanol–water partition coefficient (Wildman–Crippen LogP) is 4.16. The van der Waals surface area contributed by atoms with E-state index >= 15 is 0 Å². The highest BCUT2D eigenvalue weighted by atomic mass is 35.5. The van der Waals surface area contributed by atoms with Gasteiger partial charge in [-0.2, -0.15) is 10.4 Å². The lowest BCUT2D eigenvalue weighted by Crippen LogP contribution is -2.28. The van der Waals surface area contributed by atoms with E-state index in [1.807, 2.05) is 26.1 Å². The summed E-state index contributed by atoms with van der Waals surface area (Å²) in [6.45, 7) is 2.03. The van der Waals surface area contributed by atoms with Crippen LogP contribution >= 0.6 is 11.6 Å². The SMILES string of the molecule is CNc1ccc(Cl)cc1/C(C)=N/N(CCC#N)C(=O)c1ccccc1. The van der Waals surface area contributed by atoms with Gasteiger partial charge in [0.2, 0.25) is 0 Å². The van der Waals surface area contributed by atoms with Gasteiger partial charge in [0.05, 0.1) is 24.7 Å². The third kappa shape index (κ3) is 4.82. The van der Waals surface area contributed by atoms with Gasteiger partial charge in [-0.05, 0) is 37.3 Å². The second-order valence-electron chi connectivity index (χ2n) is 5.33. The Bertz CT molecular complexity index is 812. The first-order valence-electron chi connectivity index (χ1n) is 7.83. The van der Waals surface area contributed by atoms with Gasteiger partial charge in [-0.1, -0.05) is 29.8 Å². The van der Waals surface area contributed by atoms with Gasteiger partial charge in [0.25, 0.3) is 5.91 Å². The van der Waals surface area contributed by atoms with Crippen molar-refractivity contribution in [2.45, 2.75) is 13.3 Å². The second kappa shape index (κ2) is 8.86. The lowest BCUT2D eigenvalue weighted by molar-refractivity contribution is 0.0764. The summed E-state index contributed by atoms with van der Waals surface area (Å²) < 4.78 is 0. The van der Waals surface area contributed by atoms with Gasteiger partial charge in [-0.15, -0.1) is 0 Å². The Labute approximate surface area is 152 Å². The molecule has 6 heteroatoms. The first kappa shape index (κ1) is 18.5. The van der Waals surface area contributed by atoms with Gasteiger partial charge in [0.15, 0.2) is 0 Å². The highest BCUT2D eigenvalue weighted by molar-refractivity contribution is 6.31. The number of hydrazone groups is 1. The van der Waals surface area contributed by atoms with Crippen LogP contribution < -0.4 is 5.32 Å². The number of nitrogens with zero attached hydrogens (tertiary/aromatic N) is 3. The molecule has 0 radical (unpaired) electrons. The standard InChI is InChI=1S/C19H19ClN4O/c1-14(17-13-16(20)9-10-18(17)22-2)23-24(12-6-11-21)19(25)15-7-4-3-5-8-15/h3-5,7-10,13,22H,6,12H2,1-2H3/b23-14+. The van der Waals surface area contributed by atoms with E-state index in [9.17, 15) is 4.79 Å². The summed E-state index contributed by atoms with van der Waals surface area (Å²) in [4.78, 5) is 12.7. The van der Waals surface area contributed by atoms with Crippen LogP contribution in [0, 0.1) is 11.3 Å². The van der Waals surface area contributed by atoms with E-state index in [1.165, 1.54) is 5.01 Å². The van der Waals surface area contributed by atoms with Crippen LogP contribution in [0.3, 0.4) is 0 Å². The summed E-state index contributed by atoms with van der Waals surface area (Å²) >= 11 is 6.09. The molecule has 5 nitrogen and oxygen atoms in total. The molecule has 0 bridgehead atoms. The summed E-state index contributed by atoms with van der Waals surface area (Å²) in [5, 5.41) is 18.3. The highest BCUT2D eigenvalue weighted by Crippen LogP contribution is 2.21. The molecule has 2 aromatic rings. The van der Waals surface area contributed by atoms with Crippen LogP contribution in [0.2, 0.25) is 5.02 Å². The van der Waals surface area contributed by atoms with Crippen molar-refractivity contribution in [3.63, 3.8) is 0 Å². The highest BCUT2D eigenvalue weighted by Gasteiger charge is 2.16. The zero-order valence-corrected chi connectivity index (χ0v) is 14.9. The Balaban J connectivity index is 2.38. The molecule has 0 aliphatic carbocycles. The van der Waals surface area contributed by atoms with Gasteiger partial charge >= 0.3 is 0 Å². The third-order valence-electron chi connectivity index (χ3n) is 3.60. The molecule has 2 rings (SSSR count). The summed E-state index contributed by atoms with van der Waals surface area (Å²) in [7, 11) is 1.81. The molecule has 0 aliphatic rings. The fourth-order valence-corrected chi connectivity index (χ4v) is 2.52. The summed E-state index contributed by atoms with van der Waals surface area (Å²) in [6.07, 6.45) is 0.198. The van der Waals surface area contributed by atoms with E-state index < -0.39 is 0 Å². The second-order valence-corrected chi connectivity index (χ2v) is 5.76. The van der Waals surface area contributed by atoms with Gasteiger partial charge in [-0.3, -0.25) is 4.79 Å².